The highest BCUT2D eigenvalue weighted by molar-refractivity contribution is 9.10. The summed E-state index contributed by atoms with van der Waals surface area (Å²) in [6.45, 7) is 0. The van der Waals surface area contributed by atoms with E-state index in [0.29, 0.717) is 5.82 Å². The van der Waals surface area contributed by atoms with Gasteiger partial charge in [-0.15, -0.1) is 0 Å². The molecule has 0 fully saturated rings. The Morgan fingerprint density at radius 3 is 2.37 bits per heavy atom. The number of fused-ring (bicyclic) bond motifs is 4. The molecule has 0 spiro atoms. The van der Waals surface area contributed by atoms with Crippen molar-refractivity contribution in [2.24, 2.45) is 0 Å². The molecule has 0 aliphatic heterocycles. The van der Waals surface area contributed by atoms with Crippen molar-refractivity contribution < 1.29 is 4.42 Å². The highest BCUT2D eigenvalue weighted by Crippen LogP contribution is 2.38. The van der Waals surface area contributed by atoms with Crippen LogP contribution in [0.3, 0.4) is 0 Å². The highest BCUT2D eigenvalue weighted by atomic mass is 79.9. The van der Waals surface area contributed by atoms with Gasteiger partial charge in [0.1, 0.15) is 11.2 Å². The molecule has 30 heavy (non-hydrogen) atoms. The molecular formula is C26H15BrN2O. The average Bonchev–Trinajstić information content (AvgIpc) is 3.17. The number of aromatic nitrogens is 2. The minimum Gasteiger partial charge on any atom is -0.455 e. The van der Waals surface area contributed by atoms with Crippen molar-refractivity contribution in [2.45, 2.75) is 0 Å². The molecular weight excluding hydrogens is 436 g/mol. The third kappa shape index (κ3) is 2.72. The van der Waals surface area contributed by atoms with Crippen LogP contribution in [-0.4, -0.2) is 9.97 Å². The quantitative estimate of drug-likeness (QED) is 0.272. The van der Waals surface area contributed by atoms with E-state index in [1.54, 1.807) is 0 Å². The zero-order chi connectivity index (χ0) is 20.1. The first-order chi connectivity index (χ1) is 14.8. The van der Waals surface area contributed by atoms with Crippen LogP contribution >= 0.6 is 15.9 Å². The first-order valence-corrected chi connectivity index (χ1v) is 10.5. The van der Waals surface area contributed by atoms with E-state index in [4.69, 9.17) is 14.4 Å². The number of furan rings is 1. The summed E-state index contributed by atoms with van der Waals surface area (Å²) in [6.07, 6.45) is 0. The summed E-state index contributed by atoms with van der Waals surface area (Å²) >= 11 is 3.57. The number of nitrogens with zero attached hydrogens (tertiary/aromatic N) is 2. The maximum atomic E-state index is 6.31. The Morgan fingerprint density at radius 2 is 1.47 bits per heavy atom. The van der Waals surface area contributed by atoms with Crippen molar-refractivity contribution in [1.29, 1.82) is 0 Å². The molecule has 0 saturated heterocycles. The van der Waals surface area contributed by atoms with Crippen molar-refractivity contribution in [3.05, 3.63) is 95.5 Å². The molecule has 0 amide bonds. The lowest BCUT2D eigenvalue weighted by atomic mass is 10.0. The van der Waals surface area contributed by atoms with E-state index in [-0.39, 0.29) is 0 Å². The fourth-order valence-corrected chi connectivity index (χ4v) is 4.32. The van der Waals surface area contributed by atoms with Gasteiger partial charge in [0.15, 0.2) is 5.82 Å². The highest BCUT2D eigenvalue weighted by Gasteiger charge is 2.17. The number of hydrogen-bond donors (Lipinski definition) is 0. The lowest BCUT2D eigenvalue weighted by Crippen LogP contribution is -1.95. The van der Waals surface area contributed by atoms with E-state index in [1.807, 2.05) is 60.7 Å². The van der Waals surface area contributed by atoms with Crippen LogP contribution in [0.4, 0.5) is 0 Å². The van der Waals surface area contributed by atoms with E-state index >= 15 is 0 Å². The van der Waals surface area contributed by atoms with Gasteiger partial charge in [0.25, 0.3) is 0 Å². The van der Waals surface area contributed by atoms with Gasteiger partial charge in [0, 0.05) is 31.8 Å². The molecule has 4 aromatic carbocycles. The first kappa shape index (κ1) is 17.4. The molecule has 0 bridgehead atoms. The molecule has 0 radical (unpaired) electrons. The van der Waals surface area contributed by atoms with E-state index in [0.717, 1.165) is 54.1 Å². The SMILES string of the molecule is Brc1ccc2oc3c(-c4nc(-c5ccccc5)nc5ccccc45)cccc3c2c1. The second-order valence-corrected chi connectivity index (χ2v) is 8.12. The maximum Gasteiger partial charge on any atom is 0.160 e. The van der Waals surface area contributed by atoms with Crippen LogP contribution in [0.2, 0.25) is 0 Å². The second kappa shape index (κ2) is 6.78. The van der Waals surface area contributed by atoms with Gasteiger partial charge in [-0.2, -0.15) is 0 Å². The van der Waals surface area contributed by atoms with Gasteiger partial charge in [-0.05, 0) is 30.3 Å². The van der Waals surface area contributed by atoms with Gasteiger partial charge in [-0.25, -0.2) is 9.97 Å². The molecule has 0 aliphatic carbocycles. The molecule has 4 heteroatoms. The molecule has 0 saturated carbocycles. The van der Waals surface area contributed by atoms with E-state index in [2.05, 4.69) is 46.3 Å². The number of benzene rings is 4. The summed E-state index contributed by atoms with van der Waals surface area (Å²) < 4.78 is 7.34. The van der Waals surface area contributed by atoms with E-state index < -0.39 is 0 Å². The Kier molecular flexibility index (Phi) is 3.93. The predicted octanol–water partition coefficient (Wildman–Crippen LogP) is 7.63. The predicted molar refractivity (Wildman–Crippen MR) is 125 cm³/mol. The number of rotatable bonds is 2. The van der Waals surface area contributed by atoms with E-state index in [1.165, 1.54) is 0 Å². The molecule has 0 unspecified atom stereocenters. The topological polar surface area (TPSA) is 38.9 Å². The van der Waals surface area contributed by atoms with Gasteiger partial charge in [0.05, 0.1) is 11.2 Å². The van der Waals surface area contributed by atoms with Crippen LogP contribution in [0, 0.1) is 0 Å². The zero-order valence-corrected chi connectivity index (χ0v) is 17.4. The molecule has 3 nitrogen and oxygen atoms in total. The number of para-hydroxylation sites is 2. The monoisotopic (exact) mass is 450 g/mol. The van der Waals surface area contributed by atoms with Crippen molar-refractivity contribution in [2.75, 3.05) is 0 Å². The van der Waals surface area contributed by atoms with Crippen molar-refractivity contribution in [3.8, 4) is 22.6 Å². The lowest BCUT2D eigenvalue weighted by Gasteiger charge is -2.09. The zero-order valence-electron chi connectivity index (χ0n) is 15.8. The Hall–Kier alpha value is -3.50. The van der Waals surface area contributed by atoms with Crippen LogP contribution in [0.15, 0.2) is 99.9 Å². The molecule has 142 valence electrons. The van der Waals surface area contributed by atoms with Crippen molar-refractivity contribution >= 4 is 48.8 Å². The molecule has 6 rings (SSSR count). The first-order valence-electron chi connectivity index (χ1n) is 9.71. The maximum absolute atomic E-state index is 6.31. The van der Waals surface area contributed by atoms with Gasteiger partial charge in [-0.3, -0.25) is 0 Å². The molecule has 6 aromatic rings. The van der Waals surface area contributed by atoms with E-state index in [9.17, 15) is 0 Å². The average molecular weight is 451 g/mol. The summed E-state index contributed by atoms with van der Waals surface area (Å²) in [6, 6.07) is 30.5. The van der Waals surface area contributed by atoms with Crippen molar-refractivity contribution in [1.82, 2.24) is 9.97 Å². The van der Waals surface area contributed by atoms with Crippen LogP contribution in [-0.2, 0) is 0 Å². The molecule has 2 heterocycles. The van der Waals surface area contributed by atoms with Crippen LogP contribution in [0.25, 0.3) is 55.5 Å². The Morgan fingerprint density at radius 1 is 0.667 bits per heavy atom. The third-order valence-corrected chi connectivity index (χ3v) is 5.84. The lowest BCUT2D eigenvalue weighted by molar-refractivity contribution is 0.670. The van der Waals surface area contributed by atoms with Crippen LogP contribution in [0.5, 0.6) is 0 Å². The molecule has 0 atom stereocenters. The Labute approximate surface area is 181 Å². The summed E-state index contributed by atoms with van der Waals surface area (Å²) in [4.78, 5) is 9.82. The summed E-state index contributed by atoms with van der Waals surface area (Å²) in [7, 11) is 0. The molecule has 2 aromatic heterocycles. The number of halogens is 1. The van der Waals surface area contributed by atoms with Gasteiger partial charge in [0.2, 0.25) is 0 Å². The minimum absolute atomic E-state index is 0.708. The fourth-order valence-electron chi connectivity index (χ4n) is 3.96. The smallest absolute Gasteiger partial charge is 0.160 e. The van der Waals surface area contributed by atoms with Crippen LogP contribution < -0.4 is 0 Å². The minimum atomic E-state index is 0.708. The summed E-state index contributed by atoms with van der Waals surface area (Å²) in [5.74, 6) is 0.708. The molecule has 0 aliphatic rings. The van der Waals surface area contributed by atoms with Gasteiger partial charge >= 0.3 is 0 Å². The second-order valence-electron chi connectivity index (χ2n) is 7.20. The largest absolute Gasteiger partial charge is 0.455 e. The number of hydrogen-bond acceptors (Lipinski definition) is 3. The fraction of sp³-hybridized carbons (Fsp3) is 0. The van der Waals surface area contributed by atoms with Gasteiger partial charge < -0.3 is 4.42 Å². The summed E-state index contributed by atoms with van der Waals surface area (Å²) in [5.41, 5.74) is 5.46. The third-order valence-electron chi connectivity index (χ3n) is 5.35. The normalized spacial score (nSPS) is 11.5. The van der Waals surface area contributed by atoms with Crippen LogP contribution in [0.1, 0.15) is 0 Å². The Bertz CT molecular complexity index is 1550. The van der Waals surface area contributed by atoms with Gasteiger partial charge in [-0.1, -0.05) is 76.6 Å². The standard InChI is InChI=1S/C26H15BrN2O/c27-17-13-14-23-21(15-17)18-10-6-11-20(25(18)30-23)24-19-9-4-5-12-22(19)28-26(29-24)16-7-2-1-3-8-16/h1-15H. The Balaban J connectivity index is 1.70. The summed E-state index contributed by atoms with van der Waals surface area (Å²) in [5, 5.41) is 3.17. The van der Waals surface area contributed by atoms with Crippen molar-refractivity contribution in [3.63, 3.8) is 0 Å². The molecule has 0 N–H and O–H groups in total.